The Morgan fingerprint density at radius 1 is 1.50 bits per heavy atom. The molecule has 7 nitrogen and oxygen atoms in total. The molecule has 0 aliphatic carbocycles. The number of hydrogen-bond acceptors (Lipinski definition) is 5. The molecule has 110 valence electrons. The van der Waals surface area contributed by atoms with Crippen LogP contribution in [0.5, 0.6) is 0 Å². The average Bonchev–Trinajstić information content (AvgIpc) is 2.83. The van der Waals surface area contributed by atoms with Crippen molar-refractivity contribution in [3.05, 3.63) is 16.1 Å². The summed E-state index contributed by atoms with van der Waals surface area (Å²) in [5.41, 5.74) is 1.35. The Hall–Kier alpha value is -1.67. The first kappa shape index (κ1) is 14.7. The molecule has 2 amide bonds. The number of carboxylic acid groups (broad SMARTS) is 1. The van der Waals surface area contributed by atoms with Gasteiger partial charge in [-0.05, 0) is 6.92 Å². The van der Waals surface area contributed by atoms with Crippen molar-refractivity contribution < 1.29 is 19.4 Å². The Bertz CT molecular complexity index is 497. The quantitative estimate of drug-likeness (QED) is 0.766. The Kier molecular flexibility index (Phi) is 4.56. The summed E-state index contributed by atoms with van der Waals surface area (Å²) in [5, 5.41) is 14.6. The molecule has 2 rings (SSSR count). The number of rotatable bonds is 4. The van der Waals surface area contributed by atoms with Gasteiger partial charge in [-0.15, -0.1) is 11.3 Å². The number of aryl methyl sites for hydroxylation is 1. The van der Waals surface area contributed by atoms with E-state index in [0.29, 0.717) is 19.8 Å². The second-order valence-corrected chi connectivity index (χ2v) is 5.61. The van der Waals surface area contributed by atoms with Gasteiger partial charge in [-0.25, -0.2) is 14.6 Å². The number of nitrogens with one attached hydrogen (secondary N) is 2. The molecule has 1 aromatic heterocycles. The molecule has 0 unspecified atom stereocenters. The zero-order valence-electron chi connectivity index (χ0n) is 11.1. The number of carboxylic acids is 1. The highest BCUT2D eigenvalue weighted by Gasteiger charge is 2.41. The molecule has 3 N–H and O–H groups in total. The molecule has 0 bridgehead atoms. The van der Waals surface area contributed by atoms with Crippen molar-refractivity contribution in [2.24, 2.45) is 0 Å². The third-order valence-electron chi connectivity index (χ3n) is 3.36. The third-order valence-corrected chi connectivity index (χ3v) is 4.30. The molecule has 1 aliphatic heterocycles. The van der Waals surface area contributed by atoms with Gasteiger partial charge in [0.2, 0.25) is 0 Å². The molecule has 0 radical (unpaired) electrons. The van der Waals surface area contributed by atoms with Crippen LogP contribution < -0.4 is 10.6 Å². The van der Waals surface area contributed by atoms with Gasteiger partial charge in [0.1, 0.15) is 5.54 Å². The van der Waals surface area contributed by atoms with Gasteiger partial charge >= 0.3 is 12.0 Å². The SMILES string of the molecule is Cc1ncsc1CNC(=O)NC1(C(=O)O)CCOCC1. The summed E-state index contributed by atoms with van der Waals surface area (Å²) in [6.07, 6.45) is 0.546. The van der Waals surface area contributed by atoms with Gasteiger partial charge < -0.3 is 20.5 Å². The minimum Gasteiger partial charge on any atom is -0.480 e. The fourth-order valence-electron chi connectivity index (χ4n) is 2.03. The maximum atomic E-state index is 11.9. The number of urea groups is 1. The largest absolute Gasteiger partial charge is 0.480 e. The van der Waals surface area contributed by atoms with E-state index in [1.165, 1.54) is 11.3 Å². The highest BCUT2D eigenvalue weighted by molar-refractivity contribution is 7.09. The molecular weight excluding hydrogens is 282 g/mol. The summed E-state index contributed by atoms with van der Waals surface area (Å²) in [5.74, 6) is -1.02. The van der Waals surface area contributed by atoms with Crippen LogP contribution in [-0.4, -0.2) is 40.8 Å². The topological polar surface area (TPSA) is 101 Å². The second kappa shape index (κ2) is 6.19. The lowest BCUT2D eigenvalue weighted by Gasteiger charge is -2.33. The molecule has 0 spiro atoms. The van der Waals surface area contributed by atoms with Crippen LogP contribution in [0, 0.1) is 6.92 Å². The van der Waals surface area contributed by atoms with Crippen LogP contribution in [0.2, 0.25) is 0 Å². The molecule has 1 saturated heterocycles. The van der Waals surface area contributed by atoms with Crippen LogP contribution in [-0.2, 0) is 16.1 Å². The van der Waals surface area contributed by atoms with Crippen LogP contribution >= 0.6 is 11.3 Å². The van der Waals surface area contributed by atoms with E-state index in [-0.39, 0.29) is 12.8 Å². The molecule has 2 heterocycles. The van der Waals surface area contributed by atoms with Gasteiger partial charge in [-0.2, -0.15) is 0 Å². The first-order valence-electron chi connectivity index (χ1n) is 6.30. The lowest BCUT2D eigenvalue weighted by Crippen LogP contribution is -2.59. The third kappa shape index (κ3) is 3.26. The van der Waals surface area contributed by atoms with E-state index in [2.05, 4.69) is 15.6 Å². The van der Waals surface area contributed by atoms with E-state index in [9.17, 15) is 14.7 Å². The summed E-state index contributed by atoms with van der Waals surface area (Å²) < 4.78 is 5.15. The zero-order chi connectivity index (χ0) is 14.6. The van der Waals surface area contributed by atoms with Crippen molar-refractivity contribution in [1.82, 2.24) is 15.6 Å². The van der Waals surface area contributed by atoms with Gasteiger partial charge in [-0.1, -0.05) is 0 Å². The summed E-state index contributed by atoms with van der Waals surface area (Å²) in [6, 6.07) is -0.484. The molecule has 0 atom stereocenters. The van der Waals surface area contributed by atoms with Gasteiger partial charge in [0, 0.05) is 30.9 Å². The number of amides is 2. The number of thiazole rings is 1. The zero-order valence-corrected chi connectivity index (χ0v) is 12.0. The lowest BCUT2D eigenvalue weighted by molar-refractivity contribution is -0.148. The van der Waals surface area contributed by atoms with E-state index in [4.69, 9.17) is 4.74 Å². The molecule has 1 fully saturated rings. The summed E-state index contributed by atoms with van der Waals surface area (Å²) in [4.78, 5) is 28.3. The number of hydrogen-bond donors (Lipinski definition) is 3. The smallest absolute Gasteiger partial charge is 0.329 e. The van der Waals surface area contributed by atoms with E-state index in [1.807, 2.05) is 6.92 Å². The standard InChI is InChI=1S/C12H17N3O4S/c1-8-9(20-7-14-8)6-13-11(18)15-12(10(16)17)2-4-19-5-3-12/h7H,2-6H2,1H3,(H,16,17)(H2,13,15,18). The van der Waals surface area contributed by atoms with Crippen LogP contribution in [0.4, 0.5) is 4.79 Å². The van der Waals surface area contributed by atoms with Crippen LogP contribution in [0.3, 0.4) is 0 Å². The second-order valence-electron chi connectivity index (χ2n) is 4.67. The maximum Gasteiger partial charge on any atom is 0.329 e. The number of ether oxygens (including phenoxy) is 1. The predicted molar refractivity (Wildman–Crippen MR) is 72.6 cm³/mol. The van der Waals surface area contributed by atoms with Crippen molar-refractivity contribution in [3.63, 3.8) is 0 Å². The number of aliphatic carboxylic acids is 1. The van der Waals surface area contributed by atoms with E-state index in [1.54, 1.807) is 5.51 Å². The van der Waals surface area contributed by atoms with Crippen molar-refractivity contribution in [1.29, 1.82) is 0 Å². The van der Waals surface area contributed by atoms with Crippen molar-refractivity contribution >= 4 is 23.3 Å². The first-order valence-corrected chi connectivity index (χ1v) is 7.17. The van der Waals surface area contributed by atoms with E-state index >= 15 is 0 Å². The molecule has 1 aliphatic rings. The predicted octanol–water partition coefficient (Wildman–Crippen LogP) is 0.885. The Morgan fingerprint density at radius 3 is 2.75 bits per heavy atom. The Labute approximate surface area is 120 Å². The van der Waals surface area contributed by atoms with Crippen molar-refractivity contribution in [3.8, 4) is 0 Å². The van der Waals surface area contributed by atoms with E-state index < -0.39 is 17.5 Å². The Balaban J connectivity index is 1.92. The minimum absolute atomic E-state index is 0.273. The van der Waals surface area contributed by atoms with Crippen LogP contribution in [0.15, 0.2) is 5.51 Å². The first-order chi connectivity index (χ1) is 9.53. The summed E-state index contributed by atoms with van der Waals surface area (Å²) in [6.45, 7) is 2.87. The summed E-state index contributed by atoms with van der Waals surface area (Å²) in [7, 11) is 0. The van der Waals surface area contributed by atoms with E-state index in [0.717, 1.165) is 10.6 Å². The minimum atomic E-state index is -1.23. The lowest BCUT2D eigenvalue weighted by atomic mass is 9.90. The number of nitrogens with zero attached hydrogens (tertiary/aromatic N) is 1. The number of carbonyl (C=O) groups is 2. The van der Waals surface area contributed by atoms with Gasteiger partial charge in [0.15, 0.2) is 0 Å². The van der Waals surface area contributed by atoms with Gasteiger partial charge in [-0.3, -0.25) is 0 Å². The molecule has 0 saturated carbocycles. The molecule has 20 heavy (non-hydrogen) atoms. The highest BCUT2D eigenvalue weighted by Crippen LogP contribution is 2.21. The van der Waals surface area contributed by atoms with Crippen LogP contribution in [0.25, 0.3) is 0 Å². The number of carbonyl (C=O) groups excluding carboxylic acids is 1. The normalized spacial score (nSPS) is 17.4. The molecular formula is C12H17N3O4S. The summed E-state index contributed by atoms with van der Waals surface area (Å²) >= 11 is 1.45. The van der Waals surface area contributed by atoms with Gasteiger partial charge in [0.25, 0.3) is 0 Å². The fraction of sp³-hybridized carbons (Fsp3) is 0.583. The van der Waals surface area contributed by atoms with Crippen LogP contribution in [0.1, 0.15) is 23.4 Å². The molecule has 1 aromatic rings. The Morgan fingerprint density at radius 2 is 2.20 bits per heavy atom. The number of aromatic nitrogens is 1. The molecule has 8 heteroatoms. The van der Waals surface area contributed by atoms with Gasteiger partial charge in [0.05, 0.1) is 17.7 Å². The van der Waals surface area contributed by atoms with Crippen molar-refractivity contribution in [2.45, 2.75) is 31.8 Å². The maximum absolute atomic E-state index is 11.9. The monoisotopic (exact) mass is 299 g/mol. The average molecular weight is 299 g/mol. The van der Waals surface area contributed by atoms with Crippen molar-refractivity contribution in [2.75, 3.05) is 13.2 Å². The fourth-order valence-corrected chi connectivity index (χ4v) is 2.75. The molecule has 0 aromatic carbocycles. The highest BCUT2D eigenvalue weighted by atomic mass is 32.1.